The Labute approximate surface area is 176 Å². The number of unbranched alkanes of at least 4 members (excludes halogenated alkanes) is 1. The van der Waals surface area contributed by atoms with Crippen LogP contribution in [0, 0.1) is 23.7 Å². The molecule has 0 aromatic heterocycles. The normalized spacial score (nSPS) is 38.9. The predicted octanol–water partition coefficient (Wildman–Crippen LogP) is 6.04. The fourth-order valence-corrected chi connectivity index (χ4v) is 6.03. The molecule has 2 saturated carbocycles. The zero-order valence-electron chi connectivity index (χ0n) is 18.1. The van der Waals surface area contributed by atoms with E-state index in [0.717, 1.165) is 51.5 Å². The van der Waals surface area contributed by atoms with E-state index in [4.69, 9.17) is 11.6 Å². The Morgan fingerprint density at radius 2 is 1.89 bits per heavy atom. The number of nitrogens with one attached hydrogen (secondary N) is 1. The molecule has 5 heteroatoms. The molecule has 0 radical (unpaired) electrons. The number of halogens is 3. The number of hydrogen-bond donors (Lipinski definition) is 2. The van der Waals surface area contributed by atoms with Gasteiger partial charge in [0.1, 0.15) is 12.3 Å². The van der Waals surface area contributed by atoms with E-state index in [0.29, 0.717) is 37.0 Å². The third-order valence-corrected chi connectivity index (χ3v) is 7.73. The smallest absolute Gasteiger partial charge is 0.115 e. The van der Waals surface area contributed by atoms with Gasteiger partial charge in [-0.05, 0) is 88.5 Å². The molecule has 2 rings (SSSR count). The largest absolute Gasteiger partial charge is 0.393 e. The lowest BCUT2D eigenvalue weighted by Gasteiger charge is -2.46. The first kappa shape index (κ1) is 24.3. The van der Waals surface area contributed by atoms with Gasteiger partial charge in [0.2, 0.25) is 0 Å². The lowest BCUT2D eigenvalue weighted by molar-refractivity contribution is -0.0249. The van der Waals surface area contributed by atoms with Crippen LogP contribution in [0.25, 0.3) is 0 Å². The maximum Gasteiger partial charge on any atom is 0.115 e. The highest BCUT2D eigenvalue weighted by Crippen LogP contribution is 2.47. The Hall–Kier alpha value is 0.0700. The second-order valence-corrected chi connectivity index (χ2v) is 10.2. The summed E-state index contributed by atoms with van der Waals surface area (Å²) in [5.41, 5.74) is 0. The number of rotatable bonds is 10. The molecule has 2 nitrogen and oxygen atoms in total. The highest BCUT2D eigenvalue weighted by atomic mass is 35.5. The zero-order valence-corrected chi connectivity index (χ0v) is 18.8. The summed E-state index contributed by atoms with van der Waals surface area (Å²) in [6.45, 7) is 6.99. The summed E-state index contributed by atoms with van der Waals surface area (Å²) in [7, 11) is 0. The van der Waals surface area contributed by atoms with E-state index in [-0.39, 0.29) is 23.4 Å². The lowest BCUT2D eigenvalue weighted by Crippen LogP contribution is -2.44. The average molecular weight is 422 g/mol. The number of aliphatic hydroxyl groups is 1. The maximum atomic E-state index is 14.1. The van der Waals surface area contributed by atoms with Crippen molar-refractivity contribution in [3.8, 4) is 0 Å². The highest BCUT2D eigenvalue weighted by Gasteiger charge is 2.43. The van der Waals surface area contributed by atoms with Crippen LogP contribution in [0.15, 0.2) is 0 Å². The van der Waals surface area contributed by atoms with Gasteiger partial charge < -0.3 is 10.4 Å². The summed E-state index contributed by atoms with van der Waals surface area (Å²) in [6, 6.07) is -0.120. The van der Waals surface area contributed by atoms with E-state index in [1.807, 2.05) is 6.92 Å². The van der Waals surface area contributed by atoms with Crippen molar-refractivity contribution in [2.75, 3.05) is 6.54 Å². The Balaban J connectivity index is 1.84. The van der Waals surface area contributed by atoms with Crippen LogP contribution in [-0.2, 0) is 0 Å². The van der Waals surface area contributed by atoms with Crippen molar-refractivity contribution in [1.29, 1.82) is 0 Å². The van der Waals surface area contributed by atoms with Crippen LogP contribution < -0.4 is 5.32 Å². The van der Waals surface area contributed by atoms with Crippen LogP contribution in [0.4, 0.5) is 8.78 Å². The summed E-state index contributed by atoms with van der Waals surface area (Å²) < 4.78 is 27.8. The summed E-state index contributed by atoms with van der Waals surface area (Å²) in [5, 5.41) is 14.0. The molecule has 2 aliphatic rings. The molecule has 9 atom stereocenters. The van der Waals surface area contributed by atoms with E-state index >= 15 is 0 Å². The highest BCUT2D eigenvalue weighted by molar-refractivity contribution is 6.20. The van der Waals surface area contributed by atoms with Crippen LogP contribution in [0.2, 0.25) is 0 Å². The minimum absolute atomic E-state index is 0.113. The van der Waals surface area contributed by atoms with Crippen molar-refractivity contribution in [1.82, 2.24) is 5.32 Å². The molecule has 2 aliphatic carbocycles. The topological polar surface area (TPSA) is 32.3 Å². The van der Waals surface area contributed by atoms with Gasteiger partial charge in [-0.15, -0.1) is 11.6 Å². The first-order chi connectivity index (χ1) is 13.3. The van der Waals surface area contributed by atoms with Crippen molar-refractivity contribution < 1.29 is 13.9 Å². The number of hydrogen-bond acceptors (Lipinski definition) is 2. The Morgan fingerprint density at radius 3 is 2.57 bits per heavy atom. The molecule has 2 N–H and O–H groups in total. The Kier molecular flexibility index (Phi) is 10.5. The molecule has 0 saturated heterocycles. The zero-order chi connectivity index (χ0) is 20.7. The Morgan fingerprint density at radius 1 is 1.14 bits per heavy atom. The number of aliphatic hydroxyl groups excluding tert-OH is 1. The van der Waals surface area contributed by atoms with Gasteiger partial charge in [-0.3, -0.25) is 0 Å². The summed E-state index contributed by atoms with van der Waals surface area (Å²) in [5.74, 6) is 1.42. The molecule has 0 amide bonds. The second kappa shape index (κ2) is 12.1. The first-order valence-corrected chi connectivity index (χ1v) is 12.1. The molecule has 166 valence electrons. The molecule has 0 heterocycles. The van der Waals surface area contributed by atoms with Gasteiger partial charge in [-0.2, -0.15) is 0 Å². The first-order valence-electron chi connectivity index (χ1n) is 11.7. The lowest BCUT2D eigenvalue weighted by atomic mass is 9.63. The third-order valence-electron chi connectivity index (χ3n) is 7.23. The van der Waals surface area contributed by atoms with Crippen molar-refractivity contribution >= 4 is 11.6 Å². The maximum absolute atomic E-state index is 14.1. The SMILES string of the molecule is CCCCC(F)C(C)NCCCC1C(O)CC(C)CC1C1CCC(F)CC1Cl. The summed E-state index contributed by atoms with van der Waals surface area (Å²) in [6.07, 6.45) is 6.43. The molecule has 0 spiro atoms. The van der Waals surface area contributed by atoms with E-state index in [2.05, 4.69) is 19.2 Å². The van der Waals surface area contributed by atoms with Crippen LogP contribution in [-0.4, -0.2) is 41.5 Å². The fourth-order valence-electron chi connectivity index (χ4n) is 5.52. The molecule has 0 aromatic carbocycles. The molecule has 0 bridgehead atoms. The van der Waals surface area contributed by atoms with E-state index in [1.54, 1.807) is 0 Å². The minimum atomic E-state index is -0.790. The van der Waals surface area contributed by atoms with Crippen LogP contribution in [0.5, 0.6) is 0 Å². The predicted molar refractivity (Wildman–Crippen MR) is 114 cm³/mol. The minimum Gasteiger partial charge on any atom is -0.393 e. The summed E-state index contributed by atoms with van der Waals surface area (Å²) >= 11 is 6.58. The molecular weight excluding hydrogens is 380 g/mol. The average Bonchev–Trinajstić information content (AvgIpc) is 2.64. The van der Waals surface area contributed by atoms with Gasteiger partial charge in [-0.1, -0.05) is 26.7 Å². The molecule has 0 aromatic rings. The summed E-state index contributed by atoms with van der Waals surface area (Å²) in [4.78, 5) is 0. The van der Waals surface area contributed by atoms with Crippen LogP contribution >= 0.6 is 11.6 Å². The van der Waals surface area contributed by atoms with E-state index in [9.17, 15) is 13.9 Å². The molecule has 2 fully saturated rings. The van der Waals surface area contributed by atoms with Gasteiger partial charge in [0.15, 0.2) is 0 Å². The van der Waals surface area contributed by atoms with Gasteiger partial charge in [0.25, 0.3) is 0 Å². The molecule has 0 aliphatic heterocycles. The van der Waals surface area contributed by atoms with Gasteiger partial charge >= 0.3 is 0 Å². The number of alkyl halides is 3. The monoisotopic (exact) mass is 421 g/mol. The van der Waals surface area contributed by atoms with Crippen LogP contribution in [0.3, 0.4) is 0 Å². The van der Waals surface area contributed by atoms with Crippen molar-refractivity contribution in [2.24, 2.45) is 23.7 Å². The van der Waals surface area contributed by atoms with E-state index in [1.165, 1.54) is 0 Å². The standard InChI is InChI=1S/C23H42ClF2NO/c1-4-5-8-22(26)16(3)27-11-6-7-19-20(12-15(2)13-23(19)28)18-10-9-17(25)14-21(18)24/h15-23,27-28H,4-14H2,1-3H3. The van der Waals surface area contributed by atoms with Crippen molar-refractivity contribution in [2.45, 2.75) is 115 Å². The molecular formula is C23H42ClF2NO. The van der Waals surface area contributed by atoms with Crippen LogP contribution in [0.1, 0.15) is 85.0 Å². The van der Waals surface area contributed by atoms with Gasteiger partial charge in [0, 0.05) is 11.4 Å². The van der Waals surface area contributed by atoms with Gasteiger partial charge in [-0.25, -0.2) is 8.78 Å². The third kappa shape index (κ3) is 7.09. The Bertz CT molecular complexity index is 441. The van der Waals surface area contributed by atoms with Crippen molar-refractivity contribution in [3.05, 3.63) is 0 Å². The van der Waals surface area contributed by atoms with E-state index < -0.39 is 12.3 Å². The quantitative estimate of drug-likeness (QED) is 0.332. The molecule has 28 heavy (non-hydrogen) atoms. The fraction of sp³-hybridized carbons (Fsp3) is 1.00. The van der Waals surface area contributed by atoms with Gasteiger partial charge in [0.05, 0.1) is 6.10 Å². The second-order valence-electron chi connectivity index (χ2n) is 9.61. The molecule has 9 unspecified atom stereocenters. The van der Waals surface area contributed by atoms with Crippen molar-refractivity contribution in [3.63, 3.8) is 0 Å².